The van der Waals surface area contributed by atoms with Gasteiger partial charge in [0.1, 0.15) is 18.0 Å². The highest BCUT2D eigenvalue weighted by atomic mass is 15.3. The molecule has 19 heavy (non-hydrogen) atoms. The van der Waals surface area contributed by atoms with Crippen molar-refractivity contribution in [2.24, 2.45) is 0 Å². The summed E-state index contributed by atoms with van der Waals surface area (Å²) < 4.78 is 0. The number of aromatic nitrogens is 2. The predicted molar refractivity (Wildman–Crippen MR) is 76.6 cm³/mol. The maximum atomic E-state index is 4.40. The first-order valence-corrected chi connectivity index (χ1v) is 6.93. The highest BCUT2D eigenvalue weighted by Crippen LogP contribution is 2.20. The lowest BCUT2D eigenvalue weighted by Gasteiger charge is -2.29. The number of likely N-dealkylation sites (tertiary alicyclic amines) is 1. The Kier molecular flexibility index (Phi) is 3.52. The molecule has 0 radical (unpaired) electrons. The third kappa shape index (κ3) is 2.79. The lowest BCUT2D eigenvalue weighted by molar-refractivity contribution is 0.409. The van der Waals surface area contributed by atoms with Crippen LogP contribution in [0.4, 0.5) is 11.6 Å². The second-order valence-electron chi connectivity index (χ2n) is 5.58. The van der Waals surface area contributed by atoms with E-state index < -0.39 is 0 Å². The van der Waals surface area contributed by atoms with Crippen molar-refractivity contribution in [3.63, 3.8) is 0 Å². The summed E-state index contributed by atoms with van der Waals surface area (Å²) in [4.78, 5) is 13.3. The Morgan fingerprint density at radius 3 is 2.89 bits per heavy atom. The van der Waals surface area contributed by atoms with Gasteiger partial charge in [-0.25, -0.2) is 9.97 Å². The molecule has 104 valence electrons. The van der Waals surface area contributed by atoms with Crippen LogP contribution >= 0.6 is 0 Å². The number of nitrogens with one attached hydrogen (secondary N) is 2. The fourth-order valence-corrected chi connectivity index (χ4v) is 2.63. The number of hydrogen-bond acceptors (Lipinski definition) is 6. The Labute approximate surface area is 114 Å². The molecule has 0 bridgehead atoms. The molecular formula is C13H22N6. The van der Waals surface area contributed by atoms with E-state index in [0.29, 0.717) is 12.1 Å². The minimum absolute atomic E-state index is 0.505. The summed E-state index contributed by atoms with van der Waals surface area (Å²) in [5.74, 6) is 1.93. The van der Waals surface area contributed by atoms with Crippen molar-refractivity contribution >= 4 is 11.6 Å². The third-order valence-electron chi connectivity index (χ3n) is 4.06. The highest BCUT2D eigenvalue weighted by Gasteiger charge is 2.24. The lowest BCUT2D eigenvalue weighted by Crippen LogP contribution is -2.51. The number of nitrogens with zero attached hydrogens (tertiary/aromatic N) is 4. The molecule has 1 unspecified atom stereocenters. The number of rotatable bonds is 4. The summed E-state index contributed by atoms with van der Waals surface area (Å²) >= 11 is 0. The SMILES string of the molecule is CN1CCC(N(C)c2cc(NC3CNC3)ncn2)C1. The van der Waals surface area contributed by atoms with Crippen LogP contribution in [0.5, 0.6) is 0 Å². The second-order valence-corrected chi connectivity index (χ2v) is 5.58. The van der Waals surface area contributed by atoms with Gasteiger partial charge in [0.2, 0.25) is 0 Å². The summed E-state index contributed by atoms with van der Waals surface area (Å²) in [5.41, 5.74) is 0. The molecule has 1 aromatic rings. The van der Waals surface area contributed by atoms with Crippen LogP contribution in [0.25, 0.3) is 0 Å². The van der Waals surface area contributed by atoms with Crippen molar-refractivity contribution in [3.05, 3.63) is 12.4 Å². The fraction of sp³-hybridized carbons (Fsp3) is 0.692. The Morgan fingerprint density at radius 2 is 2.26 bits per heavy atom. The van der Waals surface area contributed by atoms with Crippen LogP contribution in [0.3, 0.4) is 0 Å². The first-order chi connectivity index (χ1) is 9.22. The molecule has 0 aliphatic carbocycles. The van der Waals surface area contributed by atoms with E-state index in [1.54, 1.807) is 6.33 Å². The van der Waals surface area contributed by atoms with Gasteiger partial charge >= 0.3 is 0 Å². The van der Waals surface area contributed by atoms with E-state index >= 15 is 0 Å². The van der Waals surface area contributed by atoms with E-state index in [1.807, 2.05) is 0 Å². The zero-order chi connectivity index (χ0) is 13.2. The molecular weight excluding hydrogens is 240 g/mol. The fourth-order valence-electron chi connectivity index (χ4n) is 2.63. The molecule has 0 aromatic carbocycles. The van der Waals surface area contributed by atoms with Crippen LogP contribution in [0.1, 0.15) is 6.42 Å². The number of likely N-dealkylation sites (N-methyl/N-ethyl adjacent to an activating group) is 2. The van der Waals surface area contributed by atoms with Crippen LogP contribution < -0.4 is 15.5 Å². The standard InChI is InChI=1S/C13H22N6/c1-18-4-3-11(8-18)19(2)13-5-12(15-9-16-13)17-10-6-14-7-10/h5,9-11,14H,3-4,6-8H2,1-2H3,(H,15,16,17). The normalized spacial score (nSPS) is 24.2. The first-order valence-electron chi connectivity index (χ1n) is 6.93. The molecule has 3 heterocycles. The van der Waals surface area contributed by atoms with Gasteiger partial charge in [-0.1, -0.05) is 0 Å². The molecule has 0 spiro atoms. The smallest absolute Gasteiger partial charge is 0.134 e. The van der Waals surface area contributed by atoms with Gasteiger partial charge in [0, 0.05) is 38.8 Å². The summed E-state index contributed by atoms with van der Waals surface area (Å²) in [5, 5.41) is 6.67. The van der Waals surface area contributed by atoms with E-state index in [4.69, 9.17) is 0 Å². The molecule has 0 saturated carbocycles. The Bertz CT molecular complexity index is 433. The van der Waals surface area contributed by atoms with E-state index in [-0.39, 0.29) is 0 Å². The lowest BCUT2D eigenvalue weighted by atomic mass is 10.2. The van der Waals surface area contributed by atoms with Gasteiger partial charge in [-0.2, -0.15) is 0 Å². The van der Waals surface area contributed by atoms with E-state index in [1.165, 1.54) is 13.0 Å². The molecule has 0 amide bonds. The molecule has 2 saturated heterocycles. The monoisotopic (exact) mass is 262 g/mol. The summed E-state index contributed by atoms with van der Waals surface area (Å²) in [7, 11) is 4.30. The van der Waals surface area contributed by atoms with Gasteiger partial charge in [0.05, 0.1) is 6.04 Å². The van der Waals surface area contributed by atoms with Crippen LogP contribution in [0, 0.1) is 0 Å². The van der Waals surface area contributed by atoms with Crippen molar-refractivity contribution in [1.29, 1.82) is 0 Å². The van der Waals surface area contributed by atoms with Crippen molar-refractivity contribution in [3.8, 4) is 0 Å². The molecule has 1 aromatic heterocycles. The van der Waals surface area contributed by atoms with Gasteiger partial charge in [0.25, 0.3) is 0 Å². The molecule has 2 aliphatic rings. The van der Waals surface area contributed by atoms with Crippen molar-refractivity contribution in [2.45, 2.75) is 18.5 Å². The number of hydrogen-bond donors (Lipinski definition) is 2. The van der Waals surface area contributed by atoms with E-state index in [0.717, 1.165) is 31.3 Å². The van der Waals surface area contributed by atoms with Crippen molar-refractivity contribution < 1.29 is 0 Å². The van der Waals surface area contributed by atoms with Crippen molar-refractivity contribution in [1.82, 2.24) is 20.2 Å². The maximum Gasteiger partial charge on any atom is 0.134 e. The van der Waals surface area contributed by atoms with Gasteiger partial charge < -0.3 is 20.4 Å². The van der Waals surface area contributed by atoms with E-state index in [2.05, 4.69) is 50.6 Å². The zero-order valence-corrected chi connectivity index (χ0v) is 11.6. The highest BCUT2D eigenvalue weighted by molar-refractivity contribution is 5.49. The van der Waals surface area contributed by atoms with Crippen LogP contribution in [0.15, 0.2) is 12.4 Å². The zero-order valence-electron chi connectivity index (χ0n) is 11.6. The van der Waals surface area contributed by atoms with Gasteiger partial charge in [-0.05, 0) is 20.0 Å². The van der Waals surface area contributed by atoms with Gasteiger partial charge in [-0.15, -0.1) is 0 Å². The molecule has 6 heteroatoms. The van der Waals surface area contributed by atoms with Crippen LogP contribution in [0.2, 0.25) is 0 Å². The predicted octanol–water partition coefficient (Wildman–Crippen LogP) is 0.000600. The third-order valence-corrected chi connectivity index (χ3v) is 4.06. The Hall–Kier alpha value is -1.40. The molecule has 2 aliphatic heterocycles. The summed E-state index contributed by atoms with van der Waals surface area (Å²) in [6, 6.07) is 3.11. The Morgan fingerprint density at radius 1 is 1.42 bits per heavy atom. The van der Waals surface area contributed by atoms with Crippen molar-refractivity contribution in [2.75, 3.05) is 50.5 Å². The largest absolute Gasteiger partial charge is 0.365 e. The summed E-state index contributed by atoms with van der Waals surface area (Å²) in [6.45, 7) is 4.31. The molecule has 2 N–H and O–H groups in total. The van der Waals surface area contributed by atoms with Gasteiger partial charge in [-0.3, -0.25) is 0 Å². The first kappa shape index (κ1) is 12.6. The molecule has 1 atom stereocenters. The summed E-state index contributed by atoms with van der Waals surface area (Å²) in [6.07, 6.45) is 2.85. The molecule has 3 rings (SSSR count). The van der Waals surface area contributed by atoms with Crippen LogP contribution in [-0.4, -0.2) is 67.2 Å². The second kappa shape index (κ2) is 5.30. The topological polar surface area (TPSA) is 56.3 Å². The minimum atomic E-state index is 0.505. The number of anilines is 2. The minimum Gasteiger partial charge on any atom is -0.365 e. The average Bonchev–Trinajstić information content (AvgIpc) is 2.80. The van der Waals surface area contributed by atoms with Gasteiger partial charge in [0.15, 0.2) is 0 Å². The van der Waals surface area contributed by atoms with Crippen LogP contribution in [-0.2, 0) is 0 Å². The molecule has 6 nitrogen and oxygen atoms in total. The molecule has 2 fully saturated rings. The average molecular weight is 262 g/mol. The van der Waals surface area contributed by atoms with E-state index in [9.17, 15) is 0 Å². The Balaban J connectivity index is 1.67. The maximum absolute atomic E-state index is 4.40. The quantitative estimate of drug-likeness (QED) is 0.797.